The summed E-state index contributed by atoms with van der Waals surface area (Å²) in [4.78, 5) is 6.61. The van der Waals surface area contributed by atoms with E-state index in [1.165, 1.54) is 5.75 Å². The largest absolute Gasteiger partial charge is 0.294 e. The number of thioether (sulfide) groups is 1. The van der Waals surface area contributed by atoms with Crippen molar-refractivity contribution in [2.24, 2.45) is 0 Å². The summed E-state index contributed by atoms with van der Waals surface area (Å²) in [5.41, 5.74) is 1.13. The highest BCUT2D eigenvalue weighted by Crippen LogP contribution is 2.26. The highest BCUT2D eigenvalue weighted by molar-refractivity contribution is 8.00. The second-order valence-corrected chi connectivity index (χ2v) is 6.08. The third kappa shape index (κ3) is 2.70. The lowest BCUT2D eigenvalue weighted by molar-refractivity contribution is 0.204. The molecule has 2 heterocycles. The quantitative estimate of drug-likeness (QED) is 0.757. The van der Waals surface area contributed by atoms with Crippen LogP contribution >= 0.6 is 23.4 Å². The molecule has 16 heavy (non-hydrogen) atoms. The second-order valence-electron chi connectivity index (χ2n) is 4.24. The molecule has 0 N–H and O–H groups in total. The Bertz CT molecular complexity index is 359. The van der Waals surface area contributed by atoms with Gasteiger partial charge >= 0.3 is 0 Å². The number of aromatic nitrogens is 1. The van der Waals surface area contributed by atoms with E-state index in [2.05, 4.69) is 41.6 Å². The fourth-order valence-electron chi connectivity index (χ4n) is 1.97. The van der Waals surface area contributed by atoms with E-state index in [1.54, 1.807) is 6.20 Å². The first-order chi connectivity index (χ1) is 7.68. The van der Waals surface area contributed by atoms with Gasteiger partial charge in [-0.1, -0.05) is 24.6 Å². The van der Waals surface area contributed by atoms with Crippen LogP contribution in [0.15, 0.2) is 18.3 Å². The molecule has 1 aliphatic heterocycles. The molecule has 1 fully saturated rings. The molecule has 2 unspecified atom stereocenters. The highest BCUT2D eigenvalue weighted by Gasteiger charge is 2.25. The summed E-state index contributed by atoms with van der Waals surface area (Å²) in [6.07, 6.45) is 1.74. The van der Waals surface area contributed by atoms with Crippen molar-refractivity contribution in [3.63, 3.8) is 0 Å². The molecule has 0 bridgehead atoms. The lowest BCUT2D eigenvalue weighted by Crippen LogP contribution is -2.44. The van der Waals surface area contributed by atoms with E-state index >= 15 is 0 Å². The monoisotopic (exact) mass is 256 g/mol. The fourth-order valence-corrected chi connectivity index (χ4v) is 3.32. The molecule has 1 aromatic heterocycles. The predicted molar refractivity (Wildman–Crippen MR) is 71.0 cm³/mol. The number of pyridine rings is 1. The van der Waals surface area contributed by atoms with Crippen LogP contribution in [0.4, 0.5) is 0 Å². The van der Waals surface area contributed by atoms with Crippen molar-refractivity contribution in [1.29, 1.82) is 0 Å². The Morgan fingerprint density at radius 1 is 1.56 bits per heavy atom. The number of halogens is 1. The van der Waals surface area contributed by atoms with Crippen LogP contribution in [0, 0.1) is 0 Å². The number of hydrogen-bond acceptors (Lipinski definition) is 3. The predicted octanol–water partition coefficient (Wildman–Crippen LogP) is 3.06. The van der Waals surface area contributed by atoms with Gasteiger partial charge in [0.2, 0.25) is 0 Å². The molecule has 88 valence electrons. The average Bonchev–Trinajstić information content (AvgIpc) is 2.28. The number of rotatable bonds is 2. The van der Waals surface area contributed by atoms with Gasteiger partial charge < -0.3 is 0 Å². The van der Waals surface area contributed by atoms with Gasteiger partial charge in [0.15, 0.2) is 0 Å². The minimum Gasteiger partial charge on any atom is -0.294 e. The normalized spacial score (nSPS) is 26.9. The van der Waals surface area contributed by atoms with Crippen molar-refractivity contribution >= 4 is 23.4 Å². The summed E-state index contributed by atoms with van der Waals surface area (Å²) in [5.74, 6) is 1.21. The third-order valence-electron chi connectivity index (χ3n) is 3.22. The standard InChI is InChI=1S/C12H17ClN2S/c1-9-10(2)16-7-6-15(9)8-11-4-3-5-14-12(11)13/h3-5,9-10H,6-8H2,1-2H3. The van der Waals surface area contributed by atoms with Crippen molar-refractivity contribution in [3.05, 3.63) is 29.0 Å². The van der Waals surface area contributed by atoms with Crippen molar-refractivity contribution in [1.82, 2.24) is 9.88 Å². The Morgan fingerprint density at radius 2 is 2.38 bits per heavy atom. The lowest BCUT2D eigenvalue weighted by Gasteiger charge is -2.37. The van der Waals surface area contributed by atoms with Gasteiger partial charge in [-0.3, -0.25) is 4.90 Å². The number of hydrogen-bond donors (Lipinski definition) is 0. The summed E-state index contributed by atoms with van der Waals surface area (Å²) in [5, 5.41) is 1.34. The SMILES string of the molecule is CC1SCCN(Cc2cccnc2Cl)C1C. The molecular formula is C12H17ClN2S. The Hall–Kier alpha value is -0.250. The molecule has 0 saturated carbocycles. The molecule has 4 heteroatoms. The van der Waals surface area contributed by atoms with Crippen LogP contribution in [0.1, 0.15) is 19.4 Å². The maximum atomic E-state index is 6.08. The van der Waals surface area contributed by atoms with Crippen molar-refractivity contribution in [2.75, 3.05) is 12.3 Å². The Labute approximate surface area is 106 Å². The molecule has 1 aromatic rings. The van der Waals surface area contributed by atoms with Gasteiger partial charge in [-0.25, -0.2) is 4.98 Å². The summed E-state index contributed by atoms with van der Waals surface area (Å²) in [6, 6.07) is 4.62. The molecule has 2 rings (SSSR count). The van der Waals surface area contributed by atoms with E-state index in [9.17, 15) is 0 Å². The molecule has 2 atom stereocenters. The van der Waals surface area contributed by atoms with Gasteiger partial charge in [0.05, 0.1) is 0 Å². The molecule has 1 aliphatic rings. The van der Waals surface area contributed by atoms with Crippen molar-refractivity contribution in [2.45, 2.75) is 31.7 Å². The topological polar surface area (TPSA) is 16.1 Å². The van der Waals surface area contributed by atoms with E-state index in [1.807, 2.05) is 6.07 Å². The van der Waals surface area contributed by atoms with E-state index in [0.717, 1.165) is 18.7 Å². The first-order valence-electron chi connectivity index (χ1n) is 5.63. The summed E-state index contributed by atoms with van der Waals surface area (Å²) < 4.78 is 0. The lowest BCUT2D eigenvalue weighted by atomic mass is 10.1. The van der Waals surface area contributed by atoms with Gasteiger partial charge in [0, 0.05) is 41.9 Å². The van der Waals surface area contributed by atoms with E-state index in [0.29, 0.717) is 16.4 Å². The maximum Gasteiger partial charge on any atom is 0.133 e. The molecular weight excluding hydrogens is 240 g/mol. The minimum absolute atomic E-state index is 0.607. The van der Waals surface area contributed by atoms with E-state index in [4.69, 9.17) is 11.6 Å². The van der Waals surface area contributed by atoms with E-state index < -0.39 is 0 Å². The molecule has 0 aliphatic carbocycles. The fraction of sp³-hybridized carbons (Fsp3) is 0.583. The van der Waals surface area contributed by atoms with Crippen LogP contribution in [0.3, 0.4) is 0 Å². The molecule has 1 saturated heterocycles. The maximum absolute atomic E-state index is 6.08. The summed E-state index contributed by atoms with van der Waals surface area (Å²) >= 11 is 8.14. The highest BCUT2D eigenvalue weighted by atomic mass is 35.5. The van der Waals surface area contributed by atoms with Crippen molar-refractivity contribution < 1.29 is 0 Å². The zero-order valence-electron chi connectivity index (χ0n) is 9.69. The first kappa shape index (κ1) is 12.2. The van der Waals surface area contributed by atoms with Crippen LogP contribution in [0.2, 0.25) is 5.15 Å². The summed E-state index contributed by atoms with van der Waals surface area (Å²) in [7, 11) is 0. The number of nitrogens with zero attached hydrogens (tertiary/aromatic N) is 2. The van der Waals surface area contributed by atoms with Crippen molar-refractivity contribution in [3.8, 4) is 0 Å². The van der Waals surface area contributed by atoms with Crippen LogP contribution in [-0.2, 0) is 6.54 Å². The zero-order chi connectivity index (χ0) is 11.5. The van der Waals surface area contributed by atoms with Crippen LogP contribution in [0.5, 0.6) is 0 Å². The molecule has 2 nitrogen and oxygen atoms in total. The van der Waals surface area contributed by atoms with E-state index in [-0.39, 0.29) is 0 Å². The Morgan fingerprint density at radius 3 is 3.12 bits per heavy atom. The van der Waals surface area contributed by atoms with Gasteiger partial charge in [-0.15, -0.1) is 0 Å². The van der Waals surface area contributed by atoms with Gasteiger partial charge in [-0.05, 0) is 13.0 Å². The minimum atomic E-state index is 0.607. The molecule has 0 amide bonds. The Kier molecular flexibility index (Phi) is 4.11. The third-order valence-corrected chi connectivity index (χ3v) is 4.90. The van der Waals surface area contributed by atoms with Crippen LogP contribution < -0.4 is 0 Å². The van der Waals surface area contributed by atoms with Gasteiger partial charge in [0.1, 0.15) is 5.15 Å². The average molecular weight is 257 g/mol. The summed E-state index contributed by atoms with van der Waals surface area (Å²) in [6.45, 7) is 6.65. The van der Waals surface area contributed by atoms with Gasteiger partial charge in [-0.2, -0.15) is 11.8 Å². The second kappa shape index (κ2) is 5.39. The smallest absolute Gasteiger partial charge is 0.133 e. The molecule has 0 aromatic carbocycles. The molecule has 0 radical (unpaired) electrons. The van der Waals surface area contributed by atoms with Crippen LogP contribution in [-0.4, -0.2) is 33.5 Å². The van der Waals surface area contributed by atoms with Crippen LogP contribution in [0.25, 0.3) is 0 Å². The molecule has 0 spiro atoms. The Balaban J connectivity index is 2.06. The van der Waals surface area contributed by atoms with Gasteiger partial charge in [0.25, 0.3) is 0 Å². The first-order valence-corrected chi connectivity index (χ1v) is 7.06. The zero-order valence-corrected chi connectivity index (χ0v) is 11.3.